The summed E-state index contributed by atoms with van der Waals surface area (Å²) in [4.78, 5) is 23.7. The van der Waals surface area contributed by atoms with Crippen LogP contribution in [0.5, 0.6) is 11.5 Å². The number of hydrogen-bond acceptors (Lipinski definition) is 4. The standard InChI is InChI=1S/C24H28N4O3/c1-14(2)31-20-10-6-8-18-21(20)27-23(25-18)22-15-11-12-16(13-15)28(22)24(29)26-17-7-4-5-9-19(17)30-3/h4-10,14-16,22H,11-13H2,1-3H3,(H,25,27)(H,26,29)/t15-,16+,22-/m0/s1. The van der Waals surface area contributed by atoms with Gasteiger partial charge in [-0.25, -0.2) is 9.78 Å². The first kappa shape index (κ1) is 19.7. The van der Waals surface area contributed by atoms with Crippen molar-refractivity contribution in [2.75, 3.05) is 12.4 Å². The highest BCUT2D eigenvalue weighted by atomic mass is 16.5. The second-order valence-electron chi connectivity index (χ2n) is 8.65. The van der Waals surface area contributed by atoms with Crippen molar-refractivity contribution in [1.82, 2.24) is 14.9 Å². The lowest BCUT2D eigenvalue weighted by Gasteiger charge is -2.34. The molecule has 1 saturated heterocycles. The van der Waals surface area contributed by atoms with Crippen molar-refractivity contribution in [2.45, 2.75) is 51.3 Å². The highest BCUT2D eigenvalue weighted by Crippen LogP contribution is 2.50. The fourth-order valence-electron chi connectivity index (χ4n) is 5.07. The number of fused-ring (bicyclic) bond motifs is 3. The molecule has 2 fully saturated rings. The number of H-pyrrole nitrogens is 1. The number of nitrogens with one attached hydrogen (secondary N) is 2. The van der Waals surface area contributed by atoms with Gasteiger partial charge in [0.25, 0.3) is 0 Å². The number of aromatic amines is 1. The molecule has 7 nitrogen and oxygen atoms in total. The van der Waals surface area contributed by atoms with Gasteiger partial charge in [0.1, 0.15) is 22.8 Å². The lowest BCUT2D eigenvalue weighted by atomic mass is 9.98. The molecule has 31 heavy (non-hydrogen) atoms. The van der Waals surface area contributed by atoms with Gasteiger partial charge in [0, 0.05) is 6.04 Å². The van der Waals surface area contributed by atoms with E-state index in [0.717, 1.165) is 41.9 Å². The molecule has 3 atom stereocenters. The van der Waals surface area contributed by atoms with E-state index in [1.165, 1.54) is 0 Å². The quantitative estimate of drug-likeness (QED) is 0.601. The number of ether oxygens (including phenoxy) is 2. The smallest absolute Gasteiger partial charge is 0.322 e. The molecule has 162 valence electrons. The van der Waals surface area contributed by atoms with Gasteiger partial charge in [0.15, 0.2) is 0 Å². The first-order valence-corrected chi connectivity index (χ1v) is 10.9. The number of likely N-dealkylation sites (tertiary alicyclic amines) is 1. The van der Waals surface area contributed by atoms with E-state index < -0.39 is 0 Å². The number of para-hydroxylation sites is 3. The monoisotopic (exact) mass is 420 g/mol. The zero-order valence-electron chi connectivity index (χ0n) is 18.1. The largest absolute Gasteiger partial charge is 0.495 e. The Bertz CT molecular complexity index is 1110. The molecule has 2 amide bonds. The summed E-state index contributed by atoms with van der Waals surface area (Å²) in [5.41, 5.74) is 2.42. The number of aromatic nitrogens is 2. The Morgan fingerprint density at radius 2 is 1.97 bits per heavy atom. The summed E-state index contributed by atoms with van der Waals surface area (Å²) >= 11 is 0. The molecule has 2 N–H and O–H groups in total. The minimum absolute atomic E-state index is 0.0661. The van der Waals surface area contributed by atoms with Crippen molar-refractivity contribution in [1.29, 1.82) is 0 Å². The number of urea groups is 1. The molecular formula is C24H28N4O3. The van der Waals surface area contributed by atoms with Crippen molar-refractivity contribution in [3.8, 4) is 11.5 Å². The van der Waals surface area contributed by atoms with Gasteiger partial charge in [-0.1, -0.05) is 18.2 Å². The molecule has 3 aromatic rings. The number of carbonyl (C=O) groups excluding carboxylic acids is 1. The summed E-state index contributed by atoms with van der Waals surface area (Å²) in [7, 11) is 1.61. The Hall–Kier alpha value is -3.22. The van der Waals surface area contributed by atoms with E-state index in [2.05, 4.69) is 10.3 Å². The summed E-state index contributed by atoms with van der Waals surface area (Å²) in [6.45, 7) is 4.01. The Balaban J connectivity index is 1.47. The van der Waals surface area contributed by atoms with Crippen LogP contribution in [0.15, 0.2) is 42.5 Å². The summed E-state index contributed by atoms with van der Waals surface area (Å²) in [6.07, 6.45) is 3.22. The third-order valence-corrected chi connectivity index (χ3v) is 6.31. The molecule has 1 aliphatic carbocycles. The molecule has 0 radical (unpaired) electrons. The number of piperidine rings is 1. The topological polar surface area (TPSA) is 79.5 Å². The average Bonchev–Trinajstić information content (AvgIpc) is 3.48. The fourth-order valence-corrected chi connectivity index (χ4v) is 5.07. The van der Waals surface area contributed by atoms with Crippen molar-refractivity contribution in [3.63, 3.8) is 0 Å². The van der Waals surface area contributed by atoms with E-state index in [1.54, 1.807) is 7.11 Å². The second-order valence-corrected chi connectivity index (χ2v) is 8.65. The van der Waals surface area contributed by atoms with Crippen molar-refractivity contribution in [2.24, 2.45) is 5.92 Å². The van der Waals surface area contributed by atoms with Crippen LogP contribution in [-0.2, 0) is 0 Å². The number of hydrogen-bond donors (Lipinski definition) is 2. The maximum Gasteiger partial charge on any atom is 0.322 e. The summed E-state index contributed by atoms with van der Waals surface area (Å²) in [5, 5.41) is 3.05. The summed E-state index contributed by atoms with van der Waals surface area (Å²) < 4.78 is 11.4. The van der Waals surface area contributed by atoms with Gasteiger partial charge >= 0.3 is 6.03 Å². The predicted octanol–water partition coefficient (Wildman–Crippen LogP) is 5.12. The molecule has 5 rings (SSSR count). The van der Waals surface area contributed by atoms with Crippen molar-refractivity contribution < 1.29 is 14.3 Å². The number of rotatable bonds is 5. The van der Waals surface area contributed by atoms with Gasteiger partial charge in [-0.15, -0.1) is 0 Å². The van der Waals surface area contributed by atoms with Crippen LogP contribution in [0.3, 0.4) is 0 Å². The Kier molecular flexibility index (Phi) is 4.96. The molecule has 7 heteroatoms. The molecule has 0 spiro atoms. The molecular weight excluding hydrogens is 392 g/mol. The Labute approximate surface area is 181 Å². The number of anilines is 1. The normalized spacial score (nSPS) is 22.3. The van der Waals surface area contributed by atoms with E-state index in [1.807, 2.05) is 61.2 Å². The van der Waals surface area contributed by atoms with Gasteiger partial charge in [0.05, 0.1) is 30.5 Å². The molecule has 1 saturated carbocycles. The zero-order valence-corrected chi connectivity index (χ0v) is 18.1. The summed E-state index contributed by atoms with van der Waals surface area (Å²) in [6, 6.07) is 13.4. The molecule has 0 unspecified atom stereocenters. The highest BCUT2D eigenvalue weighted by molar-refractivity contribution is 5.92. The molecule has 1 aliphatic heterocycles. The van der Waals surface area contributed by atoms with E-state index in [-0.39, 0.29) is 24.2 Å². The SMILES string of the molecule is COc1ccccc1NC(=O)N1[C@@H]2CC[C@@H](C2)[C@H]1c1nc2c(OC(C)C)cccc2[nH]1. The third-order valence-electron chi connectivity index (χ3n) is 6.31. The number of carbonyl (C=O) groups is 1. The molecule has 2 aromatic carbocycles. The molecule has 1 aromatic heterocycles. The van der Waals surface area contributed by atoms with Crippen LogP contribution >= 0.6 is 0 Å². The highest BCUT2D eigenvalue weighted by Gasteiger charge is 2.50. The van der Waals surface area contributed by atoms with Gasteiger partial charge in [-0.05, 0) is 63.3 Å². The lowest BCUT2D eigenvalue weighted by molar-refractivity contribution is 0.154. The van der Waals surface area contributed by atoms with Crippen LogP contribution in [0, 0.1) is 5.92 Å². The fraction of sp³-hybridized carbons (Fsp3) is 0.417. The maximum atomic E-state index is 13.4. The molecule has 2 aliphatic rings. The van der Waals surface area contributed by atoms with Crippen LogP contribution < -0.4 is 14.8 Å². The van der Waals surface area contributed by atoms with Crippen molar-refractivity contribution in [3.05, 3.63) is 48.3 Å². The number of imidazole rings is 1. The Morgan fingerprint density at radius 1 is 1.16 bits per heavy atom. The van der Waals surface area contributed by atoms with Crippen LogP contribution in [0.25, 0.3) is 11.0 Å². The van der Waals surface area contributed by atoms with Crippen LogP contribution in [-0.4, -0.2) is 40.2 Å². The number of methoxy groups -OCH3 is 1. The lowest BCUT2D eigenvalue weighted by Crippen LogP contribution is -2.43. The number of nitrogens with zero attached hydrogens (tertiary/aromatic N) is 2. The van der Waals surface area contributed by atoms with Crippen LogP contribution in [0.4, 0.5) is 10.5 Å². The predicted molar refractivity (Wildman–Crippen MR) is 120 cm³/mol. The third kappa shape index (κ3) is 3.48. The van der Waals surface area contributed by atoms with Crippen molar-refractivity contribution >= 4 is 22.8 Å². The summed E-state index contributed by atoms with van der Waals surface area (Å²) in [5.74, 6) is 2.65. The van der Waals surface area contributed by atoms with Gasteiger partial charge in [-0.2, -0.15) is 0 Å². The number of amides is 2. The molecule has 2 bridgehead atoms. The Morgan fingerprint density at radius 3 is 2.77 bits per heavy atom. The van der Waals surface area contributed by atoms with E-state index in [4.69, 9.17) is 14.5 Å². The van der Waals surface area contributed by atoms with E-state index in [9.17, 15) is 4.79 Å². The average molecular weight is 421 g/mol. The van der Waals surface area contributed by atoms with Gasteiger partial charge < -0.3 is 24.7 Å². The van der Waals surface area contributed by atoms with E-state index in [0.29, 0.717) is 17.4 Å². The maximum absolute atomic E-state index is 13.4. The zero-order chi connectivity index (χ0) is 21.5. The van der Waals surface area contributed by atoms with Gasteiger partial charge in [-0.3, -0.25) is 0 Å². The van der Waals surface area contributed by atoms with E-state index >= 15 is 0 Å². The first-order chi connectivity index (χ1) is 15.0. The van der Waals surface area contributed by atoms with Crippen LogP contribution in [0.1, 0.15) is 45.0 Å². The molecule has 2 heterocycles. The minimum atomic E-state index is -0.110. The second kappa shape index (κ2) is 7.80. The first-order valence-electron chi connectivity index (χ1n) is 10.9. The number of benzene rings is 2. The van der Waals surface area contributed by atoms with Gasteiger partial charge in [0.2, 0.25) is 0 Å². The minimum Gasteiger partial charge on any atom is -0.495 e. The van der Waals surface area contributed by atoms with Crippen LogP contribution in [0.2, 0.25) is 0 Å².